The van der Waals surface area contributed by atoms with Gasteiger partial charge in [0.2, 0.25) is 0 Å². The van der Waals surface area contributed by atoms with E-state index < -0.39 is 0 Å². The molecule has 1 aromatic carbocycles. The Bertz CT molecular complexity index is 395. The molecule has 0 aromatic heterocycles. The second-order valence-electron chi connectivity index (χ2n) is 4.08. The first-order valence-corrected chi connectivity index (χ1v) is 5.23. The van der Waals surface area contributed by atoms with E-state index in [0.717, 1.165) is 22.4 Å². The minimum atomic E-state index is 0.0470. The highest BCUT2D eigenvalue weighted by molar-refractivity contribution is 5.88. The Hall–Kier alpha value is -1.35. The van der Waals surface area contributed by atoms with E-state index in [1.807, 2.05) is 25.3 Å². The lowest BCUT2D eigenvalue weighted by atomic mass is 10.0. The lowest BCUT2D eigenvalue weighted by Crippen LogP contribution is -1.99. The van der Waals surface area contributed by atoms with Crippen LogP contribution in [0.2, 0.25) is 0 Å². The molecule has 0 bridgehead atoms. The van der Waals surface area contributed by atoms with E-state index in [9.17, 15) is 0 Å². The molecule has 1 fully saturated rings. The number of hydrogen-bond donors (Lipinski definition) is 2. The number of rotatable bonds is 3. The maximum atomic E-state index is 9.08. The third kappa shape index (κ3) is 2.36. The van der Waals surface area contributed by atoms with E-state index in [4.69, 9.17) is 10.8 Å². The number of nitrogens with two attached hydrogens (primary N) is 1. The highest BCUT2D eigenvalue weighted by Crippen LogP contribution is 2.24. The van der Waals surface area contributed by atoms with Gasteiger partial charge in [-0.2, -0.15) is 0 Å². The number of benzene rings is 1. The minimum absolute atomic E-state index is 0.0470. The molecule has 0 saturated heterocycles. The summed E-state index contributed by atoms with van der Waals surface area (Å²) in [4.78, 5) is 4.40. The Labute approximate surface area is 89.6 Å². The second-order valence-corrected chi connectivity index (χ2v) is 4.08. The van der Waals surface area contributed by atoms with Gasteiger partial charge in [0, 0.05) is 17.5 Å². The third-order valence-electron chi connectivity index (χ3n) is 2.63. The van der Waals surface area contributed by atoms with Crippen molar-refractivity contribution in [2.24, 2.45) is 4.99 Å². The fourth-order valence-corrected chi connectivity index (χ4v) is 1.51. The Balaban J connectivity index is 2.30. The summed E-state index contributed by atoms with van der Waals surface area (Å²) >= 11 is 0. The van der Waals surface area contributed by atoms with Crippen LogP contribution in [0.1, 0.15) is 29.5 Å². The van der Waals surface area contributed by atoms with E-state index in [0.29, 0.717) is 6.04 Å². The predicted octanol–water partition coefficient (Wildman–Crippen LogP) is 1.65. The number of nitrogens with zero attached hydrogens (tertiary/aromatic N) is 1. The van der Waals surface area contributed by atoms with Gasteiger partial charge in [-0.15, -0.1) is 0 Å². The van der Waals surface area contributed by atoms with Crippen molar-refractivity contribution in [3.8, 4) is 0 Å². The molecule has 0 amide bonds. The first-order valence-electron chi connectivity index (χ1n) is 5.23. The molecule has 0 atom stereocenters. The number of aliphatic imine (C=N–C) groups is 1. The summed E-state index contributed by atoms with van der Waals surface area (Å²) < 4.78 is 0. The lowest BCUT2D eigenvalue weighted by Gasteiger charge is -2.07. The van der Waals surface area contributed by atoms with Gasteiger partial charge in [0.25, 0.3) is 0 Å². The van der Waals surface area contributed by atoms with Gasteiger partial charge in [-0.05, 0) is 37.0 Å². The van der Waals surface area contributed by atoms with Gasteiger partial charge in [0.15, 0.2) is 0 Å². The zero-order chi connectivity index (χ0) is 10.8. The fourth-order valence-electron chi connectivity index (χ4n) is 1.51. The van der Waals surface area contributed by atoms with E-state index in [2.05, 4.69) is 4.99 Å². The average molecular weight is 204 g/mol. The maximum absolute atomic E-state index is 9.08. The Kier molecular flexibility index (Phi) is 2.73. The Morgan fingerprint density at radius 1 is 1.53 bits per heavy atom. The molecule has 3 nitrogen and oxygen atoms in total. The van der Waals surface area contributed by atoms with Crippen molar-refractivity contribution in [3.05, 3.63) is 28.8 Å². The molecular weight excluding hydrogens is 188 g/mol. The van der Waals surface area contributed by atoms with Crippen molar-refractivity contribution in [2.45, 2.75) is 32.4 Å². The SMILES string of the molecule is Cc1cc(CO)cc(C=NC2CC2)c1N. The molecule has 15 heavy (non-hydrogen) atoms. The summed E-state index contributed by atoms with van der Waals surface area (Å²) in [5.74, 6) is 0. The molecule has 0 spiro atoms. The van der Waals surface area contributed by atoms with Crippen LogP contribution >= 0.6 is 0 Å². The highest BCUT2D eigenvalue weighted by atomic mass is 16.3. The minimum Gasteiger partial charge on any atom is -0.398 e. The normalized spacial score (nSPS) is 16.1. The second kappa shape index (κ2) is 4.03. The van der Waals surface area contributed by atoms with Crippen molar-refractivity contribution < 1.29 is 5.11 Å². The molecule has 3 N–H and O–H groups in total. The molecule has 3 heteroatoms. The van der Waals surface area contributed by atoms with Crippen LogP contribution in [0.25, 0.3) is 0 Å². The summed E-state index contributed by atoms with van der Waals surface area (Å²) in [5.41, 5.74) is 9.51. The van der Waals surface area contributed by atoms with E-state index in [1.165, 1.54) is 12.8 Å². The van der Waals surface area contributed by atoms with Crippen molar-refractivity contribution in [3.63, 3.8) is 0 Å². The molecule has 0 radical (unpaired) electrons. The van der Waals surface area contributed by atoms with Crippen LogP contribution in [0.3, 0.4) is 0 Å². The van der Waals surface area contributed by atoms with Gasteiger partial charge < -0.3 is 10.8 Å². The number of nitrogen functional groups attached to an aromatic ring is 1. The molecule has 0 aliphatic heterocycles. The average Bonchev–Trinajstić information content (AvgIpc) is 3.03. The van der Waals surface area contributed by atoms with E-state index in [1.54, 1.807) is 0 Å². The van der Waals surface area contributed by atoms with Crippen LogP contribution in [0, 0.1) is 6.92 Å². The molecular formula is C12H16N2O. The molecule has 1 aliphatic rings. The maximum Gasteiger partial charge on any atom is 0.0682 e. The van der Waals surface area contributed by atoms with Gasteiger partial charge in [-0.1, -0.05) is 6.07 Å². The first kappa shape index (κ1) is 10.2. The molecule has 0 heterocycles. The predicted molar refractivity (Wildman–Crippen MR) is 62.1 cm³/mol. The standard InChI is InChI=1S/C12H16N2O/c1-8-4-9(7-15)5-10(12(8)13)6-14-11-2-3-11/h4-6,11,15H,2-3,7,13H2,1H3. The first-order chi connectivity index (χ1) is 7.20. The lowest BCUT2D eigenvalue weighted by molar-refractivity contribution is 0.282. The quantitative estimate of drug-likeness (QED) is 0.581. The summed E-state index contributed by atoms with van der Waals surface area (Å²) in [7, 11) is 0. The summed E-state index contributed by atoms with van der Waals surface area (Å²) in [6.45, 7) is 1.99. The number of aliphatic hydroxyl groups excluding tert-OH is 1. The number of hydrogen-bond acceptors (Lipinski definition) is 3. The molecule has 1 aromatic rings. The molecule has 0 unspecified atom stereocenters. The van der Waals surface area contributed by atoms with Crippen LogP contribution in [0.15, 0.2) is 17.1 Å². The van der Waals surface area contributed by atoms with Crippen LogP contribution in [0.4, 0.5) is 5.69 Å². The summed E-state index contributed by atoms with van der Waals surface area (Å²) in [6, 6.07) is 4.31. The van der Waals surface area contributed by atoms with E-state index >= 15 is 0 Å². The molecule has 1 saturated carbocycles. The highest BCUT2D eigenvalue weighted by Gasteiger charge is 2.19. The smallest absolute Gasteiger partial charge is 0.0682 e. The zero-order valence-electron chi connectivity index (χ0n) is 8.90. The van der Waals surface area contributed by atoms with Gasteiger partial charge in [-0.25, -0.2) is 0 Å². The Morgan fingerprint density at radius 2 is 2.27 bits per heavy atom. The topological polar surface area (TPSA) is 58.6 Å². The number of anilines is 1. The number of aliphatic hydroxyl groups is 1. The summed E-state index contributed by atoms with van der Waals surface area (Å²) in [5, 5.41) is 9.08. The van der Waals surface area contributed by atoms with Crippen LogP contribution in [-0.2, 0) is 6.61 Å². The van der Waals surface area contributed by atoms with Crippen LogP contribution in [0.5, 0.6) is 0 Å². The number of aryl methyl sites for hydroxylation is 1. The van der Waals surface area contributed by atoms with Crippen molar-refractivity contribution >= 4 is 11.9 Å². The van der Waals surface area contributed by atoms with Crippen LogP contribution in [-0.4, -0.2) is 17.4 Å². The third-order valence-corrected chi connectivity index (χ3v) is 2.63. The van der Waals surface area contributed by atoms with E-state index in [-0.39, 0.29) is 6.61 Å². The Morgan fingerprint density at radius 3 is 2.87 bits per heavy atom. The van der Waals surface area contributed by atoms with Crippen molar-refractivity contribution in [1.29, 1.82) is 0 Å². The van der Waals surface area contributed by atoms with Gasteiger partial charge in [0.05, 0.1) is 12.6 Å². The summed E-state index contributed by atoms with van der Waals surface area (Å²) in [6.07, 6.45) is 4.21. The zero-order valence-corrected chi connectivity index (χ0v) is 8.90. The van der Waals surface area contributed by atoms with Gasteiger partial charge in [-0.3, -0.25) is 4.99 Å². The molecule has 80 valence electrons. The fraction of sp³-hybridized carbons (Fsp3) is 0.417. The monoisotopic (exact) mass is 204 g/mol. The molecule has 2 rings (SSSR count). The van der Waals surface area contributed by atoms with Crippen molar-refractivity contribution in [1.82, 2.24) is 0 Å². The van der Waals surface area contributed by atoms with Gasteiger partial charge >= 0.3 is 0 Å². The van der Waals surface area contributed by atoms with Crippen LogP contribution < -0.4 is 5.73 Å². The molecule has 1 aliphatic carbocycles. The van der Waals surface area contributed by atoms with Crippen molar-refractivity contribution in [2.75, 3.05) is 5.73 Å². The largest absolute Gasteiger partial charge is 0.398 e. The van der Waals surface area contributed by atoms with Gasteiger partial charge in [0.1, 0.15) is 0 Å².